The lowest BCUT2D eigenvalue weighted by Crippen LogP contribution is -2.32. The van der Waals surface area contributed by atoms with Crippen LogP contribution in [0.4, 0.5) is 11.9 Å². The molecule has 106 valence electrons. The lowest BCUT2D eigenvalue weighted by atomic mass is 10.3. The highest BCUT2D eigenvalue weighted by molar-refractivity contribution is 5.38. The van der Waals surface area contributed by atoms with Gasteiger partial charge in [0.25, 0.3) is 5.95 Å². The van der Waals surface area contributed by atoms with Crippen molar-refractivity contribution in [1.82, 2.24) is 24.7 Å². The van der Waals surface area contributed by atoms with Gasteiger partial charge in [-0.1, -0.05) is 0 Å². The second kappa shape index (κ2) is 5.41. The zero-order valence-corrected chi connectivity index (χ0v) is 11.3. The van der Waals surface area contributed by atoms with E-state index in [0.29, 0.717) is 11.9 Å². The summed E-state index contributed by atoms with van der Waals surface area (Å²) in [7, 11) is 0. The third kappa shape index (κ3) is 2.69. The molecule has 0 spiro atoms. The number of nitrogens with two attached hydrogens (primary N) is 1. The summed E-state index contributed by atoms with van der Waals surface area (Å²) in [5.74, 6) is 1.19. The molecule has 1 fully saturated rings. The first-order valence-electron chi connectivity index (χ1n) is 6.60. The van der Waals surface area contributed by atoms with Crippen molar-refractivity contribution in [3.63, 3.8) is 0 Å². The van der Waals surface area contributed by atoms with E-state index >= 15 is 0 Å². The summed E-state index contributed by atoms with van der Waals surface area (Å²) >= 11 is 0. The summed E-state index contributed by atoms with van der Waals surface area (Å²) in [6.07, 6.45) is 4.52. The fourth-order valence-electron chi connectivity index (χ4n) is 2.18. The number of hydrogen-bond acceptors (Lipinski definition) is 7. The Morgan fingerprint density at radius 2 is 2.15 bits per heavy atom. The predicted octanol–water partition coefficient (Wildman–Crippen LogP) is 0.255. The number of nitrogens with zero attached hydrogens (tertiary/aromatic N) is 6. The van der Waals surface area contributed by atoms with Gasteiger partial charge in [-0.05, 0) is 19.4 Å². The summed E-state index contributed by atoms with van der Waals surface area (Å²) in [6.45, 7) is 4.37. The maximum absolute atomic E-state index is 5.78. The van der Waals surface area contributed by atoms with E-state index in [-0.39, 0.29) is 12.1 Å². The highest BCUT2D eigenvalue weighted by atomic mass is 16.5. The molecule has 1 unspecified atom stereocenters. The quantitative estimate of drug-likeness (QED) is 0.839. The van der Waals surface area contributed by atoms with Gasteiger partial charge < -0.3 is 15.4 Å². The predicted molar refractivity (Wildman–Crippen MR) is 73.6 cm³/mol. The number of nitrogen functional groups attached to an aromatic ring is 1. The van der Waals surface area contributed by atoms with Gasteiger partial charge in [0.1, 0.15) is 0 Å². The van der Waals surface area contributed by atoms with Crippen molar-refractivity contribution >= 4 is 11.9 Å². The minimum absolute atomic E-state index is 0.142. The van der Waals surface area contributed by atoms with Crippen LogP contribution in [0.25, 0.3) is 5.95 Å². The van der Waals surface area contributed by atoms with Crippen molar-refractivity contribution in [3.8, 4) is 5.95 Å². The SMILES string of the molecule is CC1CN(c2nc(N)nc(-n3cccn3)n2)CCCO1. The monoisotopic (exact) mass is 275 g/mol. The van der Waals surface area contributed by atoms with Crippen molar-refractivity contribution in [1.29, 1.82) is 0 Å². The van der Waals surface area contributed by atoms with Crippen LogP contribution in [0.1, 0.15) is 13.3 Å². The van der Waals surface area contributed by atoms with Crippen molar-refractivity contribution < 1.29 is 4.74 Å². The number of aromatic nitrogens is 5. The number of rotatable bonds is 2. The van der Waals surface area contributed by atoms with Gasteiger partial charge in [-0.15, -0.1) is 0 Å². The van der Waals surface area contributed by atoms with Gasteiger partial charge in [-0.3, -0.25) is 0 Å². The molecule has 8 nitrogen and oxygen atoms in total. The molecule has 0 amide bonds. The summed E-state index contributed by atoms with van der Waals surface area (Å²) < 4.78 is 7.19. The molecule has 3 heterocycles. The van der Waals surface area contributed by atoms with Crippen LogP contribution in [0.2, 0.25) is 0 Å². The number of ether oxygens (including phenoxy) is 1. The van der Waals surface area contributed by atoms with Crippen LogP contribution in [-0.4, -0.2) is 50.5 Å². The largest absolute Gasteiger partial charge is 0.377 e. The average molecular weight is 275 g/mol. The standard InChI is InChI=1S/C12H17N7O/c1-9-8-18(5-3-7-20-9)11-15-10(13)16-12(17-11)19-6-2-4-14-19/h2,4,6,9H,3,5,7-8H2,1H3,(H2,13,15,16,17). The maximum atomic E-state index is 5.78. The molecule has 0 radical (unpaired) electrons. The normalized spacial score (nSPS) is 19.9. The fourth-order valence-corrected chi connectivity index (χ4v) is 2.18. The number of anilines is 2. The van der Waals surface area contributed by atoms with Crippen LogP contribution in [0, 0.1) is 0 Å². The molecule has 3 rings (SSSR count). The van der Waals surface area contributed by atoms with Gasteiger partial charge in [-0.25, -0.2) is 4.68 Å². The Balaban J connectivity index is 1.92. The molecular weight excluding hydrogens is 258 g/mol. The van der Waals surface area contributed by atoms with E-state index in [1.54, 1.807) is 17.1 Å². The van der Waals surface area contributed by atoms with Crippen LogP contribution in [-0.2, 0) is 4.74 Å². The minimum Gasteiger partial charge on any atom is -0.377 e. The van der Waals surface area contributed by atoms with Crippen LogP contribution in [0.5, 0.6) is 0 Å². The molecule has 20 heavy (non-hydrogen) atoms. The Hall–Kier alpha value is -2.22. The van der Waals surface area contributed by atoms with E-state index in [9.17, 15) is 0 Å². The third-order valence-corrected chi connectivity index (χ3v) is 3.07. The van der Waals surface area contributed by atoms with Crippen LogP contribution in [0.3, 0.4) is 0 Å². The summed E-state index contributed by atoms with van der Waals surface area (Å²) in [5, 5.41) is 4.11. The van der Waals surface area contributed by atoms with E-state index in [1.807, 2.05) is 13.0 Å². The molecule has 0 bridgehead atoms. The molecular formula is C12H17N7O. The molecule has 0 saturated carbocycles. The zero-order chi connectivity index (χ0) is 13.9. The molecule has 1 aliphatic heterocycles. The first-order chi connectivity index (χ1) is 9.72. The Morgan fingerprint density at radius 3 is 2.95 bits per heavy atom. The average Bonchev–Trinajstić information content (AvgIpc) is 2.87. The zero-order valence-electron chi connectivity index (χ0n) is 11.3. The van der Waals surface area contributed by atoms with Gasteiger partial charge in [0.2, 0.25) is 11.9 Å². The Kier molecular flexibility index (Phi) is 3.46. The Bertz CT molecular complexity index is 571. The van der Waals surface area contributed by atoms with Crippen LogP contribution < -0.4 is 10.6 Å². The second-order valence-corrected chi connectivity index (χ2v) is 4.73. The molecule has 8 heteroatoms. The lowest BCUT2D eigenvalue weighted by molar-refractivity contribution is 0.0820. The van der Waals surface area contributed by atoms with Crippen molar-refractivity contribution in [2.24, 2.45) is 0 Å². The van der Waals surface area contributed by atoms with Gasteiger partial charge >= 0.3 is 0 Å². The topological polar surface area (TPSA) is 95.0 Å². The molecule has 0 aliphatic carbocycles. The first kappa shape index (κ1) is 12.8. The summed E-state index contributed by atoms with van der Waals surface area (Å²) in [6, 6.07) is 1.81. The molecule has 2 N–H and O–H groups in total. The maximum Gasteiger partial charge on any atom is 0.257 e. The molecule has 1 aliphatic rings. The summed E-state index contributed by atoms with van der Waals surface area (Å²) in [5.41, 5.74) is 5.78. The van der Waals surface area contributed by atoms with E-state index in [0.717, 1.165) is 26.1 Å². The molecule has 1 atom stereocenters. The lowest BCUT2D eigenvalue weighted by Gasteiger charge is -2.22. The van der Waals surface area contributed by atoms with Gasteiger partial charge in [0, 0.05) is 32.1 Å². The Labute approximate surface area is 116 Å². The van der Waals surface area contributed by atoms with Gasteiger partial charge in [-0.2, -0.15) is 20.1 Å². The first-order valence-corrected chi connectivity index (χ1v) is 6.60. The van der Waals surface area contributed by atoms with E-state index in [1.165, 1.54) is 0 Å². The van der Waals surface area contributed by atoms with E-state index in [2.05, 4.69) is 25.0 Å². The smallest absolute Gasteiger partial charge is 0.257 e. The molecule has 2 aromatic rings. The van der Waals surface area contributed by atoms with Gasteiger partial charge in [0.05, 0.1) is 6.10 Å². The second-order valence-electron chi connectivity index (χ2n) is 4.73. The molecule has 1 saturated heterocycles. The minimum atomic E-state index is 0.142. The Morgan fingerprint density at radius 1 is 1.30 bits per heavy atom. The molecule has 0 aromatic carbocycles. The van der Waals surface area contributed by atoms with Crippen molar-refractivity contribution in [3.05, 3.63) is 18.5 Å². The highest BCUT2D eigenvalue weighted by Gasteiger charge is 2.19. The van der Waals surface area contributed by atoms with Crippen molar-refractivity contribution in [2.75, 3.05) is 30.3 Å². The molecule has 2 aromatic heterocycles. The van der Waals surface area contributed by atoms with E-state index in [4.69, 9.17) is 10.5 Å². The van der Waals surface area contributed by atoms with Gasteiger partial charge in [0.15, 0.2) is 0 Å². The fraction of sp³-hybridized carbons (Fsp3) is 0.500. The number of hydrogen-bond donors (Lipinski definition) is 1. The summed E-state index contributed by atoms with van der Waals surface area (Å²) in [4.78, 5) is 14.9. The highest BCUT2D eigenvalue weighted by Crippen LogP contribution is 2.15. The van der Waals surface area contributed by atoms with Crippen LogP contribution >= 0.6 is 0 Å². The van der Waals surface area contributed by atoms with E-state index < -0.39 is 0 Å². The van der Waals surface area contributed by atoms with Crippen molar-refractivity contribution in [2.45, 2.75) is 19.4 Å². The third-order valence-electron chi connectivity index (χ3n) is 3.07. The van der Waals surface area contributed by atoms with Crippen LogP contribution in [0.15, 0.2) is 18.5 Å².